The van der Waals surface area contributed by atoms with E-state index >= 15 is 0 Å². The van der Waals surface area contributed by atoms with Crippen LogP contribution >= 0.6 is 0 Å². The Balaban J connectivity index is 1.71. The van der Waals surface area contributed by atoms with E-state index in [-0.39, 0.29) is 18.5 Å². The molecule has 3 saturated heterocycles. The van der Waals surface area contributed by atoms with Crippen molar-refractivity contribution in [2.24, 2.45) is 11.8 Å². The summed E-state index contributed by atoms with van der Waals surface area (Å²) < 4.78 is 24.6. The number of ether oxygens (including phenoxy) is 4. The van der Waals surface area contributed by atoms with E-state index in [4.69, 9.17) is 18.9 Å². The molecule has 178 valence electrons. The smallest absolute Gasteiger partial charge is 0.314 e. The molecule has 31 heavy (non-hydrogen) atoms. The minimum atomic E-state index is -1.32. The molecule has 3 heterocycles. The molecule has 0 aromatic carbocycles. The molecule has 3 rings (SSSR count). The van der Waals surface area contributed by atoms with Crippen molar-refractivity contribution < 1.29 is 34.0 Å². The molecule has 0 aromatic heterocycles. The van der Waals surface area contributed by atoms with E-state index in [2.05, 4.69) is 6.92 Å². The molecule has 0 aromatic rings. The van der Waals surface area contributed by atoms with Crippen LogP contribution in [0.25, 0.3) is 0 Å². The Morgan fingerprint density at radius 3 is 2.58 bits per heavy atom. The summed E-state index contributed by atoms with van der Waals surface area (Å²) in [4.78, 5) is 12.6. The number of hydrogen-bond acceptors (Lipinski definition) is 7. The second kappa shape index (κ2) is 9.10. The van der Waals surface area contributed by atoms with Crippen molar-refractivity contribution >= 4 is 5.97 Å². The number of aliphatic hydroxyl groups is 2. The van der Waals surface area contributed by atoms with E-state index in [9.17, 15) is 15.0 Å². The van der Waals surface area contributed by atoms with Crippen LogP contribution in [0.1, 0.15) is 73.6 Å². The highest BCUT2D eigenvalue weighted by Gasteiger charge is 2.74. The van der Waals surface area contributed by atoms with Crippen LogP contribution in [0.3, 0.4) is 0 Å². The van der Waals surface area contributed by atoms with Crippen molar-refractivity contribution in [3.8, 4) is 0 Å². The molecule has 0 spiro atoms. The lowest BCUT2D eigenvalue weighted by Gasteiger charge is -2.67. The van der Waals surface area contributed by atoms with Crippen LogP contribution in [-0.4, -0.2) is 64.2 Å². The number of carbonyl (C=O) groups is 1. The van der Waals surface area contributed by atoms with Gasteiger partial charge >= 0.3 is 5.97 Å². The molecule has 3 aliphatic heterocycles. The Labute approximate surface area is 186 Å². The zero-order valence-corrected chi connectivity index (χ0v) is 19.8. The molecule has 0 saturated carbocycles. The maximum absolute atomic E-state index is 12.6. The summed E-state index contributed by atoms with van der Waals surface area (Å²) in [6, 6.07) is 0. The van der Waals surface area contributed by atoms with Gasteiger partial charge in [0, 0.05) is 12.8 Å². The van der Waals surface area contributed by atoms with E-state index in [0.717, 1.165) is 19.3 Å². The summed E-state index contributed by atoms with van der Waals surface area (Å²) in [6.45, 7) is 11.4. The fraction of sp³-hybridized carbons (Fsp3) is 0.875. The van der Waals surface area contributed by atoms with Gasteiger partial charge in [-0.2, -0.15) is 0 Å². The van der Waals surface area contributed by atoms with Gasteiger partial charge in [-0.15, -0.1) is 0 Å². The van der Waals surface area contributed by atoms with Gasteiger partial charge in [-0.05, 0) is 27.2 Å². The number of fused-ring (bicyclic) bond motifs is 6. The van der Waals surface area contributed by atoms with Gasteiger partial charge in [-0.3, -0.25) is 4.79 Å². The van der Waals surface area contributed by atoms with Crippen molar-refractivity contribution in [2.45, 2.75) is 115 Å². The zero-order chi connectivity index (χ0) is 23.0. The molecule has 3 fully saturated rings. The van der Waals surface area contributed by atoms with Gasteiger partial charge in [-0.25, -0.2) is 0 Å². The number of rotatable bonds is 9. The van der Waals surface area contributed by atoms with Gasteiger partial charge < -0.3 is 29.2 Å². The lowest BCUT2D eigenvalue weighted by atomic mass is 9.66. The normalized spacial score (nSPS) is 45.5. The molecule has 9 atom stereocenters. The fourth-order valence-corrected chi connectivity index (χ4v) is 5.51. The standard InChI is InChI=1S/C24H40O7/c1-7-8-9-10-12-17(25)13-11-14-28-20-15(2)18(26)22(4)19-16(3)21(27)30-24(6,29-19)23(20,5)31-22/h11,13,15-20,25-26H,7-10,12,14H2,1-6H3/t15-,16+,17?,18-,19-,20+,22-,23+,24+/m0/s1. The molecular formula is C24H40O7. The Kier molecular flexibility index (Phi) is 7.24. The quantitative estimate of drug-likeness (QED) is 0.323. The molecule has 1 unspecified atom stereocenters. The third-order valence-electron chi connectivity index (χ3n) is 7.56. The lowest BCUT2D eigenvalue weighted by molar-refractivity contribution is -0.472. The van der Waals surface area contributed by atoms with Crippen LogP contribution in [0.4, 0.5) is 0 Å². The minimum Gasteiger partial charge on any atom is -0.430 e. The minimum absolute atomic E-state index is 0.243. The summed E-state index contributed by atoms with van der Waals surface area (Å²) in [5.41, 5.74) is -2.14. The Bertz CT molecular complexity index is 681. The van der Waals surface area contributed by atoms with Crippen LogP contribution in [0.15, 0.2) is 12.2 Å². The van der Waals surface area contributed by atoms with Crippen LogP contribution in [0.2, 0.25) is 0 Å². The topological polar surface area (TPSA) is 94.5 Å². The van der Waals surface area contributed by atoms with Gasteiger partial charge in [0.15, 0.2) is 5.60 Å². The maximum Gasteiger partial charge on any atom is 0.314 e. The first-order valence-corrected chi connectivity index (χ1v) is 11.8. The molecule has 3 aliphatic rings. The van der Waals surface area contributed by atoms with Gasteiger partial charge in [0.2, 0.25) is 5.79 Å². The summed E-state index contributed by atoms with van der Waals surface area (Å²) >= 11 is 0. The van der Waals surface area contributed by atoms with Crippen LogP contribution < -0.4 is 0 Å². The summed E-state index contributed by atoms with van der Waals surface area (Å²) in [5, 5.41) is 21.3. The van der Waals surface area contributed by atoms with Crippen molar-refractivity contribution in [1.82, 2.24) is 0 Å². The van der Waals surface area contributed by atoms with Crippen LogP contribution in [-0.2, 0) is 23.7 Å². The number of carbonyl (C=O) groups excluding carboxylic acids is 1. The second-order valence-corrected chi connectivity index (χ2v) is 9.99. The first kappa shape index (κ1) is 24.6. The third kappa shape index (κ3) is 4.20. The van der Waals surface area contributed by atoms with Gasteiger partial charge in [-0.1, -0.05) is 51.7 Å². The van der Waals surface area contributed by atoms with E-state index in [1.165, 1.54) is 12.8 Å². The van der Waals surface area contributed by atoms with E-state index in [0.29, 0.717) is 0 Å². The molecule has 7 heteroatoms. The SMILES string of the molecule is CCCCCCC(O)C=CCO[C@@H]1[C@@H](C)[C@H](O)[C@]2(C)O[C@@]1(C)[C@@]1(C)OC(=O)[C@H](C)[C@@H]2O1. The van der Waals surface area contributed by atoms with E-state index in [1.54, 1.807) is 32.9 Å². The van der Waals surface area contributed by atoms with Crippen molar-refractivity contribution in [1.29, 1.82) is 0 Å². The Hall–Kier alpha value is -0.990. The first-order valence-electron chi connectivity index (χ1n) is 11.8. The average Bonchev–Trinajstić information content (AvgIpc) is 2.71. The largest absolute Gasteiger partial charge is 0.430 e. The molecular weight excluding hydrogens is 400 g/mol. The maximum atomic E-state index is 12.6. The van der Waals surface area contributed by atoms with Gasteiger partial charge in [0.25, 0.3) is 0 Å². The van der Waals surface area contributed by atoms with Crippen LogP contribution in [0.5, 0.6) is 0 Å². The Morgan fingerprint density at radius 1 is 1.19 bits per heavy atom. The molecule has 4 bridgehead atoms. The third-order valence-corrected chi connectivity index (χ3v) is 7.56. The first-order chi connectivity index (χ1) is 14.5. The Morgan fingerprint density at radius 2 is 1.90 bits per heavy atom. The molecule has 2 N–H and O–H groups in total. The second-order valence-electron chi connectivity index (χ2n) is 9.99. The van der Waals surface area contributed by atoms with Gasteiger partial charge in [0.05, 0.1) is 30.8 Å². The highest BCUT2D eigenvalue weighted by Crippen LogP contribution is 2.57. The van der Waals surface area contributed by atoms with Gasteiger partial charge in [0.1, 0.15) is 11.7 Å². The highest BCUT2D eigenvalue weighted by molar-refractivity contribution is 5.74. The average molecular weight is 441 g/mol. The zero-order valence-electron chi connectivity index (χ0n) is 19.8. The fourth-order valence-electron chi connectivity index (χ4n) is 5.51. The number of unbranched alkanes of at least 4 members (excludes halogenated alkanes) is 3. The highest BCUT2D eigenvalue weighted by atomic mass is 16.8. The number of esters is 1. The molecule has 0 radical (unpaired) electrons. The monoisotopic (exact) mass is 440 g/mol. The van der Waals surface area contributed by atoms with E-state index < -0.39 is 47.3 Å². The van der Waals surface area contributed by atoms with Crippen molar-refractivity contribution in [3.63, 3.8) is 0 Å². The molecule has 0 amide bonds. The molecule has 0 aliphatic carbocycles. The predicted octanol–water partition coefficient (Wildman–Crippen LogP) is 3.11. The van der Waals surface area contributed by atoms with Crippen molar-refractivity contribution in [3.05, 3.63) is 12.2 Å². The summed E-state index contributed by atoms with van der Waals surface area (Å²) in [6.07, 6.45) is 6.21. The molecule has 7 nitrogen and oxygen atoms in total. The number of hydrogen-bond donors (Lipinski definition) is 2. The van der Waals surface area contributed by atoms with Crippen LogP contribution in [0, 0.1) is 11.8 Å². The number of aliphatic hydroxyl groups excluding tert-OH is 2. The summed E-state index contributed by atoms with van der Waals surface area (Å²) in [5.74, 6) is -2.48. The van der Waals surface area contributed by atoms with Crippen molar-refractivity contribution in [2.75, 3.05) is 6.61 Å². The summed E-state index contributed by atoms with van der Waals surface area (Å²) in [7, 11) is 0. The lowest BCUT2D eigenvalue weighted by Crippen LogP contribution is -2.83. The predicted molar refractivity (Wildman–Crippen MR) is 115 cm³/mol. The van der Waals surface area contributed by atoms with E-state index in [1.807, 2.05) is 13.8 Å².